The summed E-state index contributed by atoms with van der Waals surface area (Å²) in [4.78, 5) is 0. The molecule has 12 nitrogen and oxygen atoms in total. The molecule has 0 amide bonds. The summed E-state index contributed by atoms with van der Waals surface area (Å²) >= 11 is 6.09. The van der Waals surface area contributed by atoms with Crippen molar-refractivity contribution in [3.8, 4) is 67.9 Å². The predicted molar refractivity (Wildman–Crippen MR) is 309 cm³/mol. The van der Waals surface area contributed by atoms with Gasteiger partial charge in [0.2, 0.25) is 0 Å². The third-order valence-electron chi connectivity index (χ3n) is 12.1. The molecule has 0 radical (unpaired) electrons. The van der Waals surface area contributed by atoms with Crippen LogP contribution in [0.1, 0.15) is 62.0 Å². The number of rotatable bonds is 6. The van der Waals surface area contributed by atoms with Crippen LogP contribution in [0, 0.1) is 93.6 Å². The van der Waals surface area contributed by atoms with Crippen molar-refractivity contribution >= 4 is 11.6 Å². The van der Waals surface area contributed by atoms with Gasteiger partial charge in [-0.2, -0.15) is 0 Å². The molecular weight excluding hydrogens is 1050 g/mol. The highest BCUT2D eigenvalue weighted by Gasteiger charge is 2.15. The van der Waals surface area contributed by atoms with E-state index in [0.717, 1.165) is 84.8 Å². The summed E-state index contributed by atoms with van der Waals surface area (Å²) in [5.74, 6) is 3.00. The third kappa shape index (κ3) is 16.1. The first-order chi connectivity index (χ1) is 38.9. The lowest BCUT2D eigenvalue weighted by molar-refractivity contribution is 0.424. The van der Waals surface area contributed by atoms with Gasteiger partial charge in [0.15, 0.2) is 34.6 Å². The highest BCUT2D eigenvalue weighted by Crippen LogP contribution is 2.32. The van der Waals surface area contributed by atoms with Crippen molar-refractivity contribution < 1.29 is 40.3 Å². The number of benzene rings is 6. The zero-order valence-corrected chi connectivity index (χ0v) is 47.5. The number of hydrogen-bond donors (Lipinski definition) is 0. The fourth-order valence-electron chi connectivity index (χ4n) is 8.21. The van der Waals surface area contributed by atoms with Gasteiger partial charge in [0.25, 0.3) is 0 Å². The van der Waals surface area contributed by atoms with Crippen LogP contribution in [0.15, 0.2) is 191 Å². The van der Waals surface area contributed by atoms with Gasteiger partial charge in [0, 0.05) is 53.1 Å². The van der Waals surface area contributed by atoms with Gasteiger partial charge >= 0.3 is 0 Å². The number of aromatic nitrogens is 6. The fraction of sp³-hybridized carbons (Fsp3) is 0.169. The van der Waals surface area contributed by atoms with Gasteiger partial charge in [-0.15, -0.1) is 0 Å². The molecular formula is C65H60ClF3N6O6. The third-order valence-corrected chi connectivity index (χ3v) is 12.4. The van der Waals surface area contributed by atoms with E-state index in [-0.39, 0.29) is 17.5 Å². The maximum atomic E-state index is 13.5. The van der Waals surface area contributed by atoms with Crippen molar-refractivity contribution in [3.05, 3.63) is 248 Å². The normalized spacial score (nSPS) is 10.4. The molecule has 0 N–H and O–H groups in total. The van der Waals surface area contributed by atoms with Crippen molar-refractivity contribution in [2.75, 3.05) is 0 Å². The van der Waals surface area contributed by atoms with E-state index in [0.29, 0.717) is 39.0 Å². The molecule has 0 fully saturated rings. The van der Waals surface area contributed by atoms with Gasteiger partial charge in [-0.3, -0.25) is 0 Å². The quantitative estimate of drug-likeness (QED) is 0.155. The molecule has 0 saturated heterocycles. The van der Waals surface area contributed by atoms with E-state index in [2.05, 4.69) is 63.0 Å². The molecule has 0 unspecified atom stereocenters. The minimum Gasteiger partial charge on any atom is -0.356 e. The molecule has 0 spiro atoms. The molecule has 0 aliphatic rings. The Morgan fingerprint density at radius 2 is 0.580 bits per heavy atom. The van der Waals surface area contributed by atoms with Gasteiger partial charge in [-0.05, 0) is 134 Å². The Bertz CT molecular complexity index is 3520. The second kappa shape index (κ2) is 28.0. The summed E-state index contributed by atoms with van der Waals surface area (Å²) in [6.45, 7) is 21.0. The average Bonchev–Trinajstić information content (AvgIpc) is 4.38. The fourth-order valence-corrected chi connectivity index (χ4v) is 8.53. The van der Waals surface area contributed by atoms with Gasteiger partial charge in [0.1, 0.15) is 17.5 Å². The minimum absolute atomic E-state index is 0.277. The SMILES string of the molecule is Cc1cc(-c2c(C)cccc2C)on1.Cc1cc(-c2c(C)cccc2Cl)on1.Cc1cc(-c2c(C)cccc2F)on1.Cc1cc(-c2c(C)cccc2F)on1.Cc1cc(-c2ccccc2)on1.Cc1cc(-c2ccccc2F)on1. The highest BCUT2D eigenvalue weighted by molar-refractivity contribution is 6.33. The Morgan fingerprint density at radius 1 is 0.284 bits per heavy atom. The molecule has 6 aromatic carbocycles. The van der Waals surface area contributed by atoms with Crippen molar-refractivity contribution in [3.63, 3.8) is 0 Å². The van der Waals surface area contributed by atoms with Crippen LogP contribution in [0.4, 0.5) is 13.2 Å². The van der Waals surface area contributed by atoms with Crippen LogP contribution < -0.4 is 0 Å². The van der Waals surface area contributed by atoms with E-state index in [4.69, 9.17) is 38.7 Å². The van der Waals surface area contributed by atoms with Crippen LogP contribution in [0.25, 0.3) is 67.9 Å². The molecule has 0 bridgehead atoms. The average molecular weight is 1110 g/mol. The zero-order valence-electron chi connectivity index (χ0n) is 46.7. The minimum atomic E-state index is -0.293. The van der Waals surface area contributed by atoms with Crippen molar-refractivity contribution in [2.45, 2.75) is 76.2 Å². The van der Waals surface area contributed by atoms with Crippen LogP contribution in [-0.4, -0.2) is 30.9 Å². The summed E-state index contributed by atoms with van der Waals surface area (Å²) < 4.78 is 70.6. The van der Waals surface area contributed by atoms with Crippen molar-refractivity contribution in [1.82, 2.24) is 30.9 Å². The van der Waals surface area contributed by atoms with E-state index in [1.54, 1.807) is 55.5 Å². The molecule has 0 aliphatic carbocycles. The topological polar surface area (TPSA) is 156 Å². The van der Waals surface area contributed by atoms with Gasteiger partial charge < -0.3 is 27.1 Å². The molecule has 81 heavy (non-hydrogen) atoms. The van der Waals surface area contributed by atoms with Crippen molar-refractivity contribution in [2.24, 2.45) is 0 Å². The Labute approximate surface area is 473 Å². The van der Waals surface area contributed by atoms with E-state index in [1.165, 1.54) is 29.3 Å². The molecule has 0 saturated carbocycles. The molecule has 12 rings (SSSR count). The second-order valence-corrected chi connectivity index (χ2v) is 19.3. The van der Waals surface area contributed by atoms with Gasteiger partial charge in [0.05, 0.1) is 55.9 Å². The van der Waals surface area contributed by atoms with Crippen LogP contribution >= 0.6 is 11.6 Å². The zero-order chi connectivity index (χ0) is 58.2. The summed E-state index contributed by atoms with van der Waals surface area (Å²) in [5, 5.41) is 23.4. The van der Waals surface area contributed by atoms with E-state index < -0.39 is 0 Å². The standard InChI is InChI=1S/C12H13NO.C11H10ClNO.2C11H10FNO.C10H8FNO.C10H9NO/c1-8-5-4-6-9(2)12(8)11-7-10(3)13-14-11;3*1-7-4-3-5-9(12)11(7)10-6-8(2)13-14-10;1-7-6-10(13-12-7)8-4-2-3-5-9(8)11;1-8-7-10(12-11-8)9-5-3-2-4-6-9/h4-7H,1-3H3;3*3-6H,1-2H3;2-6H,1H3;2-7H,1H3. The van der Waals surface area contributed by atoms with Crippen LogP contribution in [0.2, 0.25) is 5.02 Å². The molecule has 16 heteroatoms. The summed E-state index contributed by atoms with van der Waals surface area (Å²) in [7, 11) is 0. The van der Waals surface area contributed by atoms with Crippen molar-refractivity contribution in [1.29, 1.82) is 0 Å². The lowest BCUT2D eigenvalue weighted by atomic mass is 10.0. The van der Waals surface area contributed by atoms with Crippen LogP contribution in [0.3, 0.4) is 0 Å². The Balaban J connectivity index is 0.000000140. The molecule has 6 heterocycles. The number of nitrogens with zero attached hydrogens (tertiary/aromatic N) is 6. The summed E-state index contributed by atoms with van der Waals surface area (Å²) in [5.41, 5.74) is 14.8. The lowest BCUT2D eigenvalue weighted by Gasteiger charge is -2.04. The number of halogens is 4. The van der Waals surface area contributed by atoms with Crippen LogP contribution in [-0.2, 0) is 0 Å². The molecule has 12 aromatic rings. The smallest absolute Gasteiger partial charge is 0.170 e. The van der Waals surface area contributed by atoms with E-state index >= 15 is 0 Å². The maximum Gasteiger partial charge on any atom is 0.170 e. The second-order valence-electron chi connectivity index (χ2n) is 18.9. The lowest BCUT2D eigenvalue weighted by Crippen LogP contribution is -1.86. The van der Waals surface area contributed by atoms with Crippen LogP contribution in [0.5, 0.6) is 0 Å². The number of aryl methyl sites for hydroxylation is 11. The van der Waals surface area contributed by atoms with Gasteiger partial charge in [-0.1, -0.05) is 140 Å². The summed E-state index contributed by atoms with van der Waals surface area (Å²) in [6.07, 6.45) is 0. The predicted octanol–water partition coefficient (Wildman–Crippen LogP) is 18.5. The maximum absolute atomic E-state index is 13.5. The molecule has 0 aliphatic heterocycles. The first kappa shape index (κ1) is 59.3. The first-order valence-corrected chi connectivity index (χ1v) is 26.0. The summed E-state index contributed by atoms with van der Waals surface area (Å²) in [6, 6.07) is 49.2. The highest BCUT2D eigenvalue weighted by atomic mass is 35.5. The molecule has 0 atom stereocenters. The monoisotopic (exact) mass is 1110 g/mol. The molecule has 414 valence electrons. The Kier molecular flexibility index (Phi) is 20.5. The molecule has 6 aromatic heterocycles. The number of hydrogen-bond acceptors (Lipinski definition) is 12. The van der Waals surface area contributed by atoms with E-state index in [1.807, 2.05) is 134 Å². The Hall–Kier alpha value is -9.34. The Morgan fingerprint density at radius 3 is 0.951 bits per heavy atom. The van der Waals surface area contributed by atoms with Gasteiger partial charge in [-0.25, -0.2) is 13.2 Å². The largest absolute Gasteiger partial charge is 0.356 e. The van der Waals surface area contributed by atoms with E-state index in [9.17, 15) is 13.2 Å². The first-order valence-electron chi connectivity index (χ1n) is 25.6.